The Labute approximate surface area is 187 Å². The molecule has 3 aromatic carbocycles. The van der Waals surface area contributed by atoms with Gasteiger partial charge in [0, 0.05) is 17.3 Å². The quantitative estimate of drug-likeness (QED) is 0.464. The number of ether oxygens (including phenoxy) is 1. The van der Waals surface area contributed by atoms with Crippen LogP contribution in [0.3, 0.4) is 0 Å². The summed E-state index contributed by atoms with van der Waals surface area (Å²) < 4.78 is 6.90. The van der Waals surface area contributed by atoms with Crippen molar-refractivity contribution in [2.45, 2.75) is 26.3 Å². The van der Waals surface area contributed by atoms with Crippen LogP contribution in [0, 0.1) is 6.92 Å². The highest BCUT2D eigenvalue weighted by Crippen LogP contribution is 2.21. The standard InChI is InChI=1S/C27H26N2O3/c1-19-8-6-7-11-24(19)28-26(30)18-29-25-17-23(32-2)15-14-21(25)16-22(27(29)31)13-12-20-9-4-3-5-10-20/h3-11,14-17H,12-13,18H2,1-2H3,(H,28,30). The average molecular weight is 427 g/mol. The van der Waals surface area contributed by atoms with Crippen LogP contribution in [-0.4, -0.2) is 17.6 Å². The van der Waals surface area contributed by atoms with Crippen molar-refractivity contribution >= 4 is 22.5 Å². The summed E-state index contributed by atoms with van der Waals surface area (Å²) in [5.41, 5.74) is 4.10. The fraction of sp³-hybridized carbons (Fsp3) is 0.185. The van der Waals surface area contributed by atoms with Crippen molar-refractivity contribution < 1.29 is 9.53 Å². The van der Waals surface area contributed by atoms with Gasteiger partial charge in [-0.15, -0.1) is 0 Å². The summed E-state index contributed by atoms with van der Waals surface area (Å²) in [6.45, 7) is 1.86. The number of anilines is 1. The molecule has 0 aliphatic carbocycles. The van der Waals surface area contributed by atoms with Gasteiger partial charge in [-0.25, -0.2) is 0 Å². The minimum Gasteiger partial charge on any atom is -0.497 e. The molecule has 1 heterocycles. The van der Waals surface area contributed by atoms with E-state index in [4.69, 9.17) is 4.74 Å². The van der Waals surface area contributed by atoms with Gasteiger partial charge in [0.1, 0.15) is 12.3 Å². The van der Waals surface area contributed by atoms with Crippen molar-refractivity contribution in [1.29, 1.82) is 0 Å². The number of hydrogen-bond acceptors (Lipinski definition) is 3. The summed E-state index contributed by atoms with van der Waals surface area (Å²) in [7, 11) is 1.59. The van der Waals surface area contributed by atoms with E-state index < -0.39 is 0 Å². The number of amides is 1. The van der Waals surface area contributed by atoms with E-state index in [2.05, 4.69) is 17.4 Å². The molecule has 1 aromatic heterocycles. The van der Waals surface area contributed by atoms with Crippen LogP contribution in [0.1, 0.15) is 16.7 Å². The summed E-state index contributed by atoms with van der Waals surface area (Å²) in [5.74, 6) is 0.396. The molecular formula is C27H26N2O3. The predicted molar refractivity (Wildman–Crippen MR) is 128 cm³/mol. The zero-order chi connectivity index (χ0) is 22.5. The lowest BCUT2D eigenvalue weighted by Crippen LogP contribution is -2.30. The van der Waals surface area contributed by atoms with Crippen LogP contribution in [0.2, 0.25) is 0 Å². The van der Waals surface area contributed by atoms with Gasteiger partial charge in [-0.05, 0) is 60.5 Å². The van der Waals surface area contributed by atoms with E-state index in [9.17, 15) is 9.59 Å². The molecule has 4 rings (SSSR count). The molecule has 4 aromatic rings. The maximum Gasteiger partial charge on any atom is 0.254 e. The number of carbonyl (C=O) groups is 1. The van der Waals surface area contributed by atoms with E-state index in [1.54, 1.807) is 17.7 Å². The van der Waals surface area contributed by atoms with Gasteiger partial charge < -0.3 is 10.1 Å². The lowest BCUT2D eigenvalue weighted by molar-refractivity contribution is -0.116. The summed E-state index contributed by atoms with van der Waals surface area (Å²) in [6.07, 6.45) is 1.36. The van der Waals surface area contributed by atoms with Crippen LogP contribution in [0.25, 0.3) is 10.9 Å². The highest BCUT2D eigenvalue weighted by atomic mass is 16.5. The summed E-state index contributed by atoms with van der Waals surface area (Å²) >= 11 is 0. The number of methoxy groups -OCH3 is 1. The number of nitrogens with zero attached hydrogens (tertiary/aromatic N) is 1. The van der Waals surface area contributed by atoms with E-state index >= 15 is 0 Å². The third kappa shape index (κ3) is 4.72. The molecule has 0 atom stereocenters. The molecule has 0 saturated carbocycles. The Kier molecular flexibility index (Phi) is 6.36. The second-order valence-electron chi connectivity index (χ2n) is 7.83. The molecule has 5 nitrogen and oxygen atoms in total. The van der Waals surface area contributed by atoms with Crippen LogP contribution in [-0.2, 0) is 24.2 Å². The molecular weight excluding hydrogens is 400 g/mol. The Bertz CT molecular complexity index is 1310. The Balaban J connectivity index is 1.69. The summed E-state index contributed by atoms with van der Waals surface area (Å²) in [5, 5.41) is 3.83. The topological polar surface area (TPSA) is 60.3 Å². The molecule has 0 saturated heterocycles. The Morgan fingerprint density at radius 2 is 1.69 bits per heavy atom. The highest BCUT2D eigenvalue weighted by molar-refractivity contribution is 5.92. The van der Waals surface area contributed by atoms with Gasteiger partial charge in [-0.3, -0.25) is 14.2 Å². The number of aryl methyl sites for hydroxylation is 3. The SMILES string of the molecule is COc1ccc2cc(CCc3ccccc3)c(=O)n(CC(=O)Nc3ccccc3C)c2c1. The number of aromatic nitrogens is 1. The van der Waals surface area contributed by atoms with E-state index in [1.165, 1.54) is 5.56 Å². The maximum absolute atomic E-state index is 13.4. The fourth-order valence-electron chi connectivity index (χ4n) is 3.84. The van der Waals surface area contributed by atoms with Gasteiger partial charge in [0.25, 0.3) is 5.56 Å². The molecule has 0 aliphatic heterocycles. The van der Waals surface area contributed by atoms with Crippen molar-refractivity contribution in [3.05, 3.63) is 106 Å². The van der Waals surface area contributed by atoms with Crippen LogP contribution in [0.5, 0.6) is 5.75 Å². The zero-order valence-corrected chi connectivity index (χ0v) is 18.3. The van der Waals surface area contributed by atoms with Gasteiger partial charge in [0.2, 0.25) is 5.91 Å². The van der Waals surface area contributed by atoms with Crippen LogP contribution in [0.15, 0.2) is 83.7 Å². The fourth-order valence-corrected chi connectivity index (χ4v) is 3.84. The smallest absolute Gasteiger partial charge is 0.254 e. The second-order valence-corrected chi connectivity index (χ2v) is 7.83. The lowest BCUT2D eigenvalue weighted by Gasteiger charge is -2.15. The van der Waals surface area contributed by atoms with Gasteiger partial charge in [-0.2, -0.15) is 0 Å². The van der Waals surface area contributed by atoms with E-state index in [-0.39, 0.29) is 18.0 Å². The summed E-state index contributed by atoms with van der Waals surface area (Å²) in [6, 6.07) is 25.2. The maximum atomic E-state index is 13.4. The largest absolute Gasteiger partial charge is 0.497 e. The molecule has 1 N–H and O–H groups in total. The van der Waals surface area contributed by atoms with Gasteiger partial charge in [0.15, 0.2) is 0 Å². The van der Waals surface area contributed by atoms with Crippen molar-refractivity contribution in [2.24, 2.45) is 0 Å². The van der Waals surface area contributed by atoms with Gasteiger partial charge in [0.05, 0.1) is 12.6 Å². The molecule has 0 unspecified atom stereocenters. The first-order valence-corrected chi connectivity index (χ1v) is 10.6. The number of benzene rings is 3. The first-order chi connectivity index (χ1) is 15.5. The molecule has 5 heteroatoms. The normalized spacial score (nSPS) is 10.8. The lowest BCUT2D eigenvalue weighted by atomic mass is 10.0. The predicted octanol–water partition coefficient (Wildman–Crippen LogP) is 4.74. The minimum atomic E-state index is -0.245. The number of nitrogens with one attached hydrogen (secondary N) is 1. The summed E-state index contributed by atoms with van der Waals surface area (Å²) in [4.78, 5) is 26.3. The highest BCUT2D eigenvalue weighted by Gasteiger charge is 2.14. The van der Waals surface area contributed by atoms with E-state index in [0.29, 0.717) is 23.3 Å². The molecule has 162 valence electrons. The Hall–Kier alpha value is -3.86. The Morgan fingerprint density at radius 3 is 2.44 bits per heavy atom. The Morgan fingerprint density at radius 1 is 0.938 bits per heavy atom. The molecule has 0 aliphatic rings. The monoisotopic (exact) mass is 426 g/mol. The number of fused-ring (bicyclic) bond motifs is 1. The molecule has 0 radical (unpaired) electrons. The number of carbonyl (C=O) groups excluding carboxylic acids is 1. The van der Waals surface area contributed by atoms with Gasteiger partial charge in [-0.1, -0.05) is 48.5 Å². The van der Waals surface area contributed by atoms with Crippen molar-refractivity contribution in [2.75, 3.05) is 12.4 Å². The van der Waals surface area contributed by atoms with E-state index in [0.717, 1.165) is 23.1 Å². The first-order valence-electron chi connectivity index (χ1n) is 10.6. The zero-order valence-electron chi connectivity index (χ0n) is 18.3. The number of pyridine rings is 1. The molecule has 0 fully saturated rings. The number of hydrogen-bond donors (Lipinski definition) is 1. The minimum absolute atomic E-state index is 0.0734. The first kappa shape index (κ1) is 21.4. The molecule has 32 heavy (non-hydrogen) atoms. The molecule has 1 amide bonds. The third-order valence-corrected chi connectivity index (χ3v) is 5.62. The van der Waals surface area contributed by atoms with Crippen LogP contribution < -0.4 is 15.6 Å². The molecule has 0 spiro atoms. The van der Waals surface area contributed by atoms with Crippen LogP contribution >= 0.6 is 0 Å². The van der Waals surface area contributed by atoms with Crippen LogP contribution in [0.4, 0.5) is 5.69 Å². The van der Waals surface area contributed by atoms with Crippen molar-refractivity contribution in [1.82, 2.24) is 4.57 Å². The van der Waals surface area contributed by atoms with Crippen molar-refractivity contribution in [3.8, 4) is 5.75 Å². The second kappa shape index (κ2) is 9.52. The number of para-hydroxylation sites is 1. The third-order valence-electron chi connectivity index (χ3n) is 5.62. The van der Waals surface area contributed by atoms with E-state index in [1.807, 2.05) is 67.6 Å². The van der Waals surface area contributed by atoms with Gasteiger partial charge >= 0.3 is 0 Å². The number of rotatable bonds is 7. The average Bonchev–Trinajstić information content (AvgIpc) is 2.81. The van der Waals surface area contributed by atoms with Crippen molar-refractivity contribution in [3.63, 3.8) is 0 Å². The molecule has 0 bridgehead atoms.